The molecule has 20 nitrogen and oxygen atoms in total. The number of rotatable bonds is 36. The van der Waals surface area contributed by atoms with Gasteiger partial charge in [0, 0.05) is 31.0 Å². The minimum atomic E-state index is -4.79. The number of carboxylic acid groups (broad SMARTS) is 2. The predicted octanol–water partition coefficient (Wildman–Crippen LogP) is 4.08. The number of amides is 3. The second-order valence-corrected chi connectivity index (χ2v) is 16.2. The summed E-state index contributed by atoms with van der Waals surface area (Å²) in [5.74, 6) is -4.32. The van der Waals surface area contributed by atoms with Crippen LogP contribution in [0.3, 0.4) is 0 Å². The second kappa shape index (κ2) is 32.1. The summed E-state index contributed by atoms with van der Waals surface area (Å²) >= 11 is 11.6. The first kappa shape index (κ1) is 55.5. The van der Waals surface area contributed by atoms with Gasteiger partial charge in [0.15, 0.2) is 5.75 Å². The number of carboxylic acids is 2. The van der Waals surface area contributed by atoms with Crippen LogP contribution in [-0.4, -0.2) is 137 Å². The average Bonchev–Trinajstić information content (AvgIpc) is 3.23. The van der Waals surface area contributed by atoms with Crippen molar-refractivity contribution >= 4 is 68.9 Å². The summed E-state index contributed by atoms with van der Waals surface area (Å²) in [6.45, 7) is 0.603. The van der Waals surface area contributed by atoms with Gasteiger partial charge >= 0.3 is 17.9 Å². The molecular formula is C41H57Cl2N3O17S. The van der Waals surface area contributed by atoms with Crippen LogP contribution in [-0.2, 0) is 53.0 Å². The molecule has 0 heterocycles. The third kappa shape index (κ3) is 25.6. The molecule has 2 rings (SSSR count). The van der Waals surface area contributed by atoms with Gasteiger partial charge in [-0.1, -0.05) is 61.7 Å². The van der Waals surface area contributed by atoms with Crippen molar-refractivity contribution in [2.24, 2.45) is 0 Å². The molecule has 23 heteroatoms. The van der Waals surface area contributed by atoms with Crippen molar-refractivity contribution in [2.45, 2.75) is 81.6 Å². The highest BCUT2D eigenvalue weighted by atomic mass is 35.5. The van der Waals surface area contributed by atoms with Gasteiger partial charge in [-0.2, -0.15) is 8.42 Å². The van der Waals surface area contributed by atoms with E-state index in [0.717, 1.165) is 57.1 Å². The standard InChI is InChI=1S/C41H57Cl2N3O17S/c42-30-25-32(43)39(34(26-30)64(55,56)57)63-38(50)28-61-24-22-59-20-17-45-37(49)27-60-23-21-58-19-16-44-35(47)15-14-33(41(53)54)46-36(48)9-7-5-3-1-2-4-6-8-18-62-31-12-10-29(11-13-31)40(51)52/h10-13,25-26,33H,1-9,14-24,27-28H2,(H,44,47)(H,45,49)(H,46,48)(H,51,52)(H,53,54)(H,55,56,57). The van der Waals surface area contributed by atoms with Gasteiger partial charge in [0.1, 0.15) is 29.9 Å². The fourth-order valence-electron chi connectivity index (χ4n) is 5.53. The number of aromatic carboxylic acids is 1. The Balaban J connectivity index is 1.38. The van der Waals surface area contributed by atoms with Crippen LogP contribution in [0.2, 0.25) is 10.0 Å². The summed E-state index contributed by atoms with van der Waals surface area (Å²) in [6, 6.07) is 7.12. The van der Waals surface area contributed by atoms with Gasteiger partial charge in [0.2, 0.25) is 17.7 Å². The Morgan fingerprint density at radius 3 is 1.80 bits per heavy atom. The first-order valence-electron chi connectivity index (χ1n) is 20.6. The normalized spacial score (nSPS) is 11.7. The summed E-state index contributed by atoms with van der Waals surface area (Å²) < 4.78 is 64.0. The van der Waals surface area contributed by atoms with Crippen molar-refractivity contribution in [1.29, 1.82) is 0 Å². The van der Waals surface area contributed by atoms with Crippen LogP contribution >= 0.6 is 23.2 Å². The highest BCUT2D eigenvalue weighted by Gasteiger charge is 2.24. The summed E-state index contributed by atoms with van der Waals surface area (Å²) in [6.07, 6.45) is 7.49. The van der Waals surface area contributed by atoms with E-state index in [0.29, 0.717) is 18.8 Å². The van der Waals surface area contributed by atoms with Gasteiger partial charge in [0.05, 0.1) is 56.8 Å². The maximum absolute atomic E-state index is 12.3. The van der Waals surface area contributed by atoms with E-state index in [1.807, 2.05) is 0 Å². The number of unbranched alkanes of at least 4 members (excludes halogenated alkanes) is 7. The molecule has 0 radical (unpaired) electrons. The minimum absolute atomic E-state index is 0.0386. The molecule has 0 fully saturated rings. The topological polar surface area (TPSA) is 289 Å². The van der Waals surface area contributed by atoms with Gasteiger partial charge in [-0.15, -0.1) is 0 Å². The molecule has 0 aliphatic rings. The molecule has 0 aliphatic heterocycles. The molecule has 0 bridgehead atoms. The minimum Gasteiger partial charge on any atom is -0.494 e. The molecule has 3 amide bonds. The number of carbonyl (C=O) groups excluding carboxylic acids is 4. The first-order valence-corrected chi connectivity index (χ1v) is 22.8. The second-order valence-electron chi connectivity index (χ2n) is 13.9. The SMILES string of the molecule is O=C(CCC(NC(=O)CCCCCCCCCCOc1ccc(C(=O)O)cc1)C(=O)O)NCCOCCOCC(=O)NCCOCCOCC(=O)Oc1c(Cl)cc(Cl)cc1S(=O)(=O)O. The lowest BCUT2D eigenvalue weighted by Crippen LogP contribution is -2.41. The van der Waals surface area contributed by atoms with Gasteiger partial charge < -0.3 is 54.6 Å². The molecule has 0 saturated carbocycles. The lowest BCUT2D eigenvalue weighted by Gasteiger charge is -2.14. The van der Waals surface area contributed by atoms with E-state index < -0.39 is 63.1 Å². The number of benzene rings is 2. The van der Waals surface area contributed by atoms with E-state index in [9.17, 15) is 46.8 Å². The van der Waals surface area contributed by atoms with Crippen LogP contribution in [0, 0.1) is 0 Å². The number of halogens is 2. The van der Waals surface area contributed by atoms with Gasteiger partial charge in [-0.05, 0) is 55.7 Å². The molecule has 1 unspecified atom stereocenters. The van der Waals surface area contributed by atoms with E-state index in [1.165, 1.54) is 12.1 Å². The first-order chi connectivity index (χ1) is 30.6. The van der Waals surface area contributed by atoms with Gasteiger partial charge in [0.25, 0.3) is 10.1 Å². The zero-order valence-electron chi connectivity index (χ0n) is 35.3. The molecule has 0 aliphatic carbocycles. The number of ether oxygens (including phenoxy) is 6. The Labute approximate surface area is 381 Å². The van der Waals surface area contributed by atoms with Crippen molar-refractivity contribution in [3.8, 4) is 11.5 Å². The smallest absolute Gasteiger partial charge is 0.337 e. The zero-order chi connectivity index (χ0) is 47.2. The lowest BCUT2D eigenvalue weighted by molar-refractivity contribution is -0.142. The third-order valence-electron chi connectivity index (χ3n) is 8.76. The Kier molecular flexibility index (Phi) is 27.9. The van der Waals surface area contributed by atoms with Crippen molar-refractivity contribution in [2.75, 3.05) is 72.6 Å². The molecule has 1 atom stereocenters. The molecule has 2 aromatic rings. The van der Waals surface area contributed by atoms with Crippen LogP contribution in [0.4, 0.5) is 0 Å². The number of nitrogens with one attached hydrogen (secondary N) is 3. The molecular weight excluding hydrogens is 909 g/mol. The largest absolute Gasteiger partial charge is 0.494 e. The van der Waals surface area contributed by atoms with Crippen molar-refractivity contribution in [3.63, 3.8) is 0 Å². The maximum Gasteiger partial charge on any atom is 0.337 e. The number of hydrogen-bond acceptors (Lipinski definition) is 14. The highest BCUT2D eigenvalue weighted by Crippen LogP contribution is 2.35. The van der Waals surface area contributed by atoms with E-state index in [2.05, 4.69) is 16.0 Å². The van der Waals surface area contributed by atoms with Gasteiger partial charge in [-0.3, -0.25) is 18.9 Å². The number of hydrogen-bond donors (Lipinski definition) is 6. The molecule has 2 aromatic carbocycles. The average molecular weight is 967 g/mol. The van der Waals surface area contributed by atoms with Crippen LogP contribution in [0.1, 0.15) is 81.0 Å². The quantitative estimate of drug-likeness (QED) is 0.0243. The fraction of sp³-hybridized carbons (Fsp3) is 0.561. The van der Waals surface area contributed by atoms with Crippen LogP contribution in [0.15, 0.2) is 41.3 Å². The van der Waals surface area contributed by atoms with Crippen molar-refractivity contribution in [3.05, 3.63) is 52.0 Å². The number of esters is 1. The molecule has 0 spiro atoms. The number of aliphatic carboxylic acids is 1. The molecule has 64 heavy (non-hydrogen) atoms. The number of carbonyl (C=O) groups is 6. The summed E-state index contributed by atoms with van der Waals surface area (Å²) in [4.78, 5) is 70.3. The van der Waals surface area contributed by atoms with E-state index in [1.54, 1.807) is 12.1 Å². The van der Waals surface area contributed by atoms with E-state index in [-0.39, 0.29) is 100 Å². The molecule has 358 valence electrons. The monoisotopic (exact) mass is 965 g/mol. The summed E-state index contributed by atoms with van der Waals surface area (Å²) in [7, 11) is -4.79. The van der Waals surface area contributed by atoms with Crippen LogP contribution in [0.5, 0.6) is 11.5 Å². The van der Waals surface area contributed by atoms with E-state index >= 15 is 0 Å². The summed E-state index contributed by atoms with van der Waals surface area (Å²) in [5, 5.41) is 25.7. The summed E-state index contributed by atoms with van der Waals surface area (Å²) in [5.41, 5.74) is 0.214. The van der Waals surface area contributed by atoms with Crippen LogP contribution < -0.4 is 25.4 Å². The lowest BCUT2D eigenvalue weighted by atomic mass is 10.1. The Bertz CT molecular complexity index is 1890. The van der Waals surface area contributed by atoms with Crippen molar-refractivity contribution < 1.29 is 80.4 Å². The zero-order valence-corrected chi connectivity index (χ0v) is 37.6. The predicted molar refractivity (Wildman–Crippen MR) is 230 cm³/mol. The molecule has 6 N–H and O–H groups in total. The fourth-order valence-corrected chi connectivity index (χ4v) is 6.84. The van der Waals surface area contributed by atoms with Crippen LogP contribution in [0.25, 0.3) is 0 Å². The maximum atomic E-state index is 12.3. The van der Waals surface area contributed by atoms with Crippen molar-refractivity contribution in [1.82, 2.24) is 16.0 Å². The van der Waals surface area contributed by atoms with Gasteiger partial charge in [-0.25, -0.2) is 14.4 Å². The Morgan fingerprint density at radius 2 is 1.20 bits per heavy atom. The molecule has 0 saturated heterocycles. The molecule has 0 aromatic heterocycles. The third-order valence-corrected chi connectivity index (χ3v) is 10.1. The Morgan fingerprint density at radius 1 is 0.641 bits per heavy atom. The highest BCUT2D eigenvalue weighted by molar-refractivity contribution is 7.86. The Hall–Kier alpha value is -4.61. The van der Waals surface area contributed by atoms with E-state index in [4.69, 9.17) is 56.7 Å².